The molecule has 0 saturated carbocycles. The molecule has 0 rings (SSSR count). The number of hydrogen-bond donors (Lipinski definition) is 2. The minimum Gasteiger partial charge on any atom is -0.480 e. The van der Waals surface area contributed by atoms with Crippen LogP contribution in [0.5, 0.6) is 0 Å². The Morgan fingerprint density at radius 3 is 2.73 bits per heavy atom. The Bertz CT molecular complexity index is 143. The van der Waals surface area contributed by atoms with Gasteiger partial charge in [-0.1, -0.05) is 19.1 Å². The number of nitrogens with two attached hydrogens (primary N) is 1. The Morgan fingerprint density at radius 1 is 1.64 bits per heavy atom. The van der Waals surface area contributed by atoms with Crippen molar-refractivity contribution in [1.29, 1.82) is 0 Å². The maximum absolute atomic E-state index is 10.2. The number of carbonyl (C=O) groups is 1. The average molecular weight is 157 g/mol. The summed E-state index contributed by atoms with van der Waals surface area (Å²) in [6.07, 6.45) is 6.23. The summed E-state index contributed by atoms with van der Waals surface area (Å²) in [4.78, 5) is 10.2. The van der Waals surface area contributed by atoms with Crippen molar-refractivity contribution in [3.63, 3.8) is 0 Å². The van der Waals surface area contributed by atoms with Crippen molar-refractivity contribution >= 4 is 5.97 Å². The maximum Gasteiger partial charge on any atom is 0.320 e. The van der Waals surface area contributed by atoms with Gasteiger partial charge in [-0.05, 0) is 19.3 Å². The predicted octanol–water partition coefficient (Wildman–Crippen LogP) is 1.14. The molecule has 0 aliphatic heterocycles. The summed E-state index contributed by atoms with van der Waals surface area (Å²) in [5, 5.41) is 8.39. The smallest absolute Gasteiger partial charge is 0.320 e. The first-order chi connectivity index (χ1) is 5.18. The highest BCUT2D eigenvalue weighted by molar-refractivity contribution is 5.72. The lowest BCUT2D eigenvalue weighted by atomic mass is 10.1. The van der Waals surface area contributed by atoms with E-state index in [1.807, 2.05) is 19.1 Å². The molecule has 11 heavy (non-hydrogen) atoms. The summed E-state index contributed by atoms with van der Waals surface area (Å²) in [5.41, 5.74) is 5.27. The van der Waals surface area contributed by atoms with E-state index in [0.29, 0.717) is 6.42 Å². The summed E-state index contributed by atoms with van der Waals surface area (Å²) in [7, 11) is 0. The first kappa shape index (κ1) is 10.2. The minimum atomic E-state index is -0.921. The maximum atomic E-state index is 10.2. The third-order valence-electron chi connectivity index (χ3n) is 1.36. The first-order valence-corrected chi connectivity index (χ1v) is 3.81. The molecule has 0 spiro atoms. The van der Waals surface area contributed by atoms with Gasteiger partial charge in [-0.25, -0.2) is 0 Å². The fourth-order valence-electron chi connectivity index (χ4n) is 0.684. The van der Waals surface area contributed by atoms with Gasteiger partial charge in [-0.15, -0.1) is 0 Å². The van der Waals surface area contributed by atoms with Crippen molar-refractivity contribution in [2.75, 3.05) is 0 Å². The van der Waals surface area contributed by atoms with Crippen LogP contribution in [0.25, 0.3) is 0 Å². The molecule has 0 saturated heterocycles. The van der Waals surface area contributed by atoms with Crippen molar-refractivity contribution in [2.45, 2.75) is 32.2 Å². The second-order valence-electron chi connectivity index (χ2n) is 2.40. The lowest BCUT2D eigenvalue weighted by Gasteiger charge is -2.01. The first-order valence-electron chi connectivity index (χ1n) is 3.81. The van der Waals surface area contributed by atoms with Gasteiger partial charge in [-0.3, -0.25) is 4.79 Å². The predicted molar refractivity (Wildman–Crippen MR) is 44.3 cm³/mol. The van der Waals surface area contributed by atoms with E-state index in [4.69, 9.17) is 10.8 Å². The highest BCUT2D eigenvalue weighted by Gasteiger charge is 2.08. The molecule has 3 heteroatoms. The Labute approximate surface area is 66.9 Å². The van der Waals surface area contributed by atoms with Crippen LogP contribution >= 0.6 is 0 Å². The van der Waals surface area contributed by atoms with E-state index < -0.39 is 12.0 Å². The van der Waals surface area contributed by atoms with Gasteiger partial charge in [0.15, 0.2) is 0 Å². The van der Waals surface area contributed by atoms with Crippen LogP contribution in [-0.4, -0.2) is 17.1 Å². The molecule has 0 heterocycles. The summed E-state index contributed by atoms with van der Waals surface area (Å²) in [6.45, 7) is 2.04. The molecule has 3 nitrogen and oxygen atoms in total. The summed E-state index contributed by atoms with van der Waals surface area (Å²) in [6, 6.07) is -0.712. The average Bonchev–Trinajstić information content (AvgIpc) is 1.97. The highest BCUT2D eigenvalue weighted by atomic mass is 16.4. The van der Waals surface area contributed by atoms with Gasteiger partial charge in [-0.2, -0.15) is 0 Å². The molecule has 0 bridgehead atoms. The normalized spacial score (nSPS) is 13.6. The molecule has 0 aromatic rings. The van der Waals surface area contributed by atoms with Gasteiger partial charge in [0.05, 0.1) is 0 Å². The zero-order valence-electron chi connectivity index (χ0n) is 6.79. The largest absolute Gasteiger partial charge is 0.480 e. The third-order valence-corrected chi connectivity index (χ3v) is 1.36. The van der Waals surface area contributed by atoms with Gasteiger partial charge in [0.2, 0.25) is 0 Å². The Morgan fingerprint density at radius 2 is 2.27 bits per heavy atom. The van der Waals surface area contributed by atoms with E-state index in [-0.39, 0.29) is 0 Å². The summed E-state index contributed by atoms with van der Waals surface area (Å²) < 4.78 is 0. The van der Waals surface area contributed by atoms with Gasteiger partial charge < -0.3 is 10.8 Å². The lowest BCUT2D eigenvalue weighted by molar-refractivity contribution is -0.138. The van der Waals surface area contributed by atoms with Crippen molar-refractivity contribution in [2.24, 2.45) is 5.73 Å². The van der Waals surface area contributed by atoms with E-state index in [0.717, 1.165) is 12.8 Å². The SMILES string of the molecule is CCC=CCCC(N)C(=O)O. The van der Waals surface area contributed by atoms with Crippen LogP contribution in [0.4, 0.5) is 0 Å². The molecule has 1 atom stereocenters. The Kier molecular flexibility index (Phi) is 5.47. The second kappa shape index (κ2) is 5.92. The van der Waals surface area contributed by atoms with Gasteiger partial charge in [0.25, 0.3) is 0 Å². The van der Waals surface area contributed by atoms with E-state index >= 15 is 0 Å². The van der Waals surface area contributed by atoms with Crippen LogP contribution < -0.4 is 5.73 Å². The van der Waals surface area contributed by atoms with Crippen LogP contribution in [0.1, 0.15) is 26.2 Å². The fourth-order valence-corrected chi connectivity index (χ4v) is 0.684. The van der Waals surface area contributed by atoms with Gasteiger partial charge in [0.1, 0.15) is 6.04 Å². The molecular weight excluding hydrogens is 142 g/mol. The molecule has 0 amide bonds. The number of hydrogen-bond acceptors (Lipinski definition) is 2. The quantitative estimate of drug-likeness (QED) is 0.588. The molecule has 3 N–H and O–H groups in total. The Hall–Kier alpha value is -0.830. The fraction of sp³-hybridized carbons (Fsp3) is 0.625. The molecule has 64 valence electrons. The van der Waals surface area contributed by atoms with E-state index in [2.05, 4.69) is 0 Å². The van der Waals surface area contributed by atoms with Gasteiger partial charge in [0, 0.05) is 0 Å². The minimum absolute atomic E-state index is 0.520. The molecule has 0 fully saturated rings. The molecule has 0 aromatic carbocycles. The number of carboxylic acid groups (broad SMARTS) is 1. The van der Waals surface area contributed by atoms with Crippen molar-refractivity contribution in [3.8, 4) is 0 Å². The zero-order valence-corrected chi connectivity index (χ0v) is 6.79. The van der Waals surface area contributed by atoms with Crippen molar-refractivity contribution < 1.29 is 9.90 Å². The molecule has 0 aliphatic carbocycles. The van der Waals surface area contributed by atoms with Crippen LogP contribution in [0.2, 0.25) is 0 Å². The van der Waals surface area contributed by atoms with Crippen LogP contribution in [0.3, 0.4) is 0 Å². The lowest BCUT2D eigenvalue weighted by Crippen LogP contribution is -2.29. The van der Waals surface area contributed by atoms with Crippen molar-refractivity contribution in [3.05, 3.63) is 12.2 Å². The van der Waals surface area contributed by atoms with Crippen LogP contribution in [-0.2, 0) is 4.79 Å². The summed E-state index contributed by atoms with van der Waals surface area (Å²) in [5.74, 6) is -0.921. The monoisotopic (exact) mass is 157 g/mol. The molecular formula is C8H15NO2. The second-order valence-corrected chi connectivity index (χ2v) is 2.40. The Balaban J connectivity index is 3.38. The van der Waals surface area contributed by atoms with Crippen molar-refractivity contribution in [1.82, 2.24) is 0 Å². The number of carboxylic acids is 1. The molecule has 0 aliphatic rings. The number of allylic oxidation sites excluding steroid dienone is 2. The standard InChI is InChI=1S/C8H15NO2/c1-2-3-4-5-6-7(9)8(10)11/h3-4,7H,2,5-6,9H2,1H3,(H,10,11). The molecule has 1 unspecified atom stereocenters. The van der Waals surface area contributed by atoms with E-state index in [1.165, 1.54) is 0 Å². The number of rotatable bonds is 5. The van der Waals surface area contributed by atoms with Gasteiger partial charge >= 0.3 is 5.97 Å². The topological polar surface area (TPSA) is 63.3 Å². The van der Waals surface area contributed by atoms with E-state index in [1.54, 1.807) is 0 Å². The summed E-state index contributed by atoms with van der Waals surface area (Å²) >= 11 is 0. The zero-order chi connectivity index (χ0) is 8.69. The highest BCUT2D eigenvalue weighted by Crippen LogP contribution is 1.96. The van der Waals surface area contributed by atoms with Crippen LogP contribution in [0, 0.1) is 0 Å². The number of aliphatic carboxylic acids is 1. The third kappa shape index (κ3) is 5.61. The van der Waals surface area contributed by atoms with E-state index in [9.17, 15) is 4.79 Å². The van der Waals surface area contributed by atoms with Crippen LogP contribution in [0.15, 0.2) is 12.2 Å². The molecule has 0 radical (unpaired) electrons. The molecule has 0 aromatic heterocycles.